The van der Waals surface area contributed by atoms with Crippen molar-refractivity contribution in [2.45, 2.75) is 20.3 Å². The number of rotatable bonds is 5. The van der Waals surface area contributed by atoms with Crippen LogP contribution in [0.25, 0.3) is 0 Å². The molecule has 0 aromatic heterocycles. The molecule has 0 unspecified atom stereocenters. The fourth-order valence-electron chi connectivity index (χ4n) is 1.17. The highest BCUT2D eigenvalue weighted by molar-refractivity contribution is 9.10. The molecule has 0 aliphatic heterocycles. The zero-order valence-electron chi connectivity index (χ0n) is 9.02. The second kappa shape index (κ2) is 6.11. The standard InChI is InChI=1S/C12H15BrFO/c1-3-6-15-12-5-4-10(7-11(12)13)9(2)8-14/h4-5,7H,3,6,8H2,1-2H3. The molecule has 1 rings (SSSR count). The normalized spacial score (nSPS) is 10.7. The predicted molar refractivity (Wildman–Crippen MR) is 63.9 cm³/mol. The van der Waals surface area contributed by atoms with Gasteiger partial charge in [0.05, 0.1) is 17.8 Å². The summed E-state index contributed by atoms with van der Waals surface area (Å²) in [6.07, 6.45) is 0.976. The third-order valence-corrected chi connectivity index (χ3v) is 2.71. The topological polar surface area (TPSA) is 9.23 Å². The monoisotopic (exact) mass is 273 g/mol. The van der Waals surface area contributed by atoms with Crippen LogP contribution in [-0.4, -0.2) is 13.3 Å². The van der Waals surface area contributed by atoms with Gasteiger partial charge in [-0.1, -0.05) is 19.9 Å². The molecule has 1 aromatic rings. The first kappa shape index (κ1) is 12.5. The third-order valence-electron chi connectivity index (χ3n) is 2.09. The van der Waals surface area contributed by atoms with Crippen molar-refractivity contribution in [3.8, 4) is 5.75 Å². The van der Waals surface area contributed by atoms with Crippen LogP contribution in [0.15, 0.2) is 22.7 Å². The van der Waals surface area contributed by atoms with Gasteiger partial charge in [0.25, 0.3) is 0 Å². The molecule has 0 spiro atoms. The van der Waals surface area contributed by atoms with Gasteiger partial charge in [-0.05, 0) is 40.0 Å². The van der Waals surface area contributed by atoms with Crippen LogP contribution in [0.5, 0.6) is 5.75 Å². The first-order chi connectivity index (χ1) is 7.19. The van der Waals surface area contributed by atoms with E-state index in [1.807, 2.05) is 18.2 Å². The lowest BCUT2D eigenvalue weighted by Crippen LogP contribution is -1.99. The molecule has 0 saturated heterocycles. The van der Waals surface area contributed by atoms with Crippen molar-refractivity contribution in [2.24, 2.45) is 0 Å². The lowest BCUT2D eigenvalue weighted by Gasteiger charge is -2.11. The van der Waals surface area contributed by atoms with Crippen LogP contribution >= 0.6 is 15.9 Å². The molecule has 0 atom stereocenters. The molecule has 0 amide bonds. The molecule has 0 N–H and O–H groups in total. The van der Waals surface area contributed by atoms with Crippen molar-refractivity contribution in [3.05, 3.63) is 34.2 Å². The Balaban J connectivity index is 2.78. The largest absolute Gasteiger partial charge is 0.492 e. The van der Waals surface area contributed by atoms with E-state index in [1.54, 1.807) is 6.92 Å². The molecule has 15 heavy (non-hydrogen) atoms. The van der Waals surface area contributed by atoms with Crippen LogP contribution in [0.3, 0.4) is 0 Å². The lowest BCUT2D eigenvalue weighted by molar-refractivity contribution is 0.315. The van der Waals surface area contributed by atoms with Crippen LogP contribution in [0.1, 0.15) is 25.8 Å². The molecule has 0 aliphatic carbocycles. The van der Waals surface area contributed by atoms with E-state index >= 15 is 0 Å². The fraction of sp³-hybridized carbons (Fsp3) is 0.417. The Hall–Kier alpha value is -0.570. The van der Waals surface area contributed by atoms with Crippen molar-refractivity contribution < 1.29 is 9.13 Å². The summed E-state index contributed by atoms with van der Waals surface area (Å²) in [5.41, 5.74) is 0.910. The molecule has 0 heterocycles. The van der Waals surface area contributed by atoms with Crippen LogP contribution < -0.4 is 4.74 Å². The Labute approximate surface area is 98.8 Å². The number of hydrogen-bond acceptors (Lipinski definition) is 1. The maximum atomic E-state index is 12.4. The number of hydrogen-bond donors (Lipinski definition) is 0. The van der Waals surface area contributed by atoms with Crippen molar-refractivity contribution in [1.29, 1.82) is 0 Å². The molecule has 1 nitrogen and oxygen atoms in total. The second-order valence-corrected chi connectivity index (χ2v) is 4.26. The van der Waals surface area contributed by atoms with Crippen LogP contribution in [-0.2, 0) is 0 Å². The van der Waals surface area contributed by atoms with Gasteiger partial charge in [0.2, 0.25) is 0 Å². The minimum atomic E-state index is -0.415. The number of alkyl halides is 1. The van der Waals surface area contributed by atoms with Gasteiger partial charge >= 0.3 is 0 Å². The van der Waals surface area contributed by atoms with Gasteiger partial charge in [-0.15, -0.1) is 0 Å². The first-order valence-electron chi connectivity index (χ1n) is 5.00. The van der Waals surface area contributed by atoms with E-state index in [0.717, 1.165) is 28.1 Å². The van der Waals surface area contributed by atoms with E-state index in [1.165, 1.54) is 0 Å². The summed E-state index contributed by atoms with van der Waals surface area (Å²) in [5, 5.41) is 0. The highest BCUT2D eigenvalue weighted by atomic mass is 79.9. The molecule has 3 heteroatoms. The van der Waals surface area contributed by atoms with E-state index in [4.69, 9.17) is 4.74 Å². The summed E-state index contributed by atoms with van der Waals surface area (Å²) in [6.45, 7) is 4.13. The highest BCUT2D eigenvalue weighted by Crippen LogP contribution is 2.28. The van der Waals surface area contributed by atoms with Crippen molar-refractivity contribution in [2.75, 3.05) is 13.3 Å². The molecule has 0 fully saturated rings. The Kier molecular flexibility index (Phi) is 5.09. The summed E-state index contributed by atoms with van der Waals surface area (Å²) in [5.74, 6) is 1.55. The highest BCUT2D eigenvalue weighted by Gasteiger charge is 2.08. The zero-order valence-corrected chi connectivity index (χ0v) is 10.6. The Morgan fingerprint density at radius 1 is 1.47 bits per heavy atom. The van der Waals surface area contributed by atoms with Gasteiger partial charge < -0.3 is 4.74 Å². The van der Waals surface area contributed by atoms with Gasteiger partial charge in [0.15, 0.2) is 0 Å². The molecule has 1 radical (unpaired) electrons. The second-order valence-electron chi connectivity index (χ2n) is 3.41. The number of benzene rings is 1. The SMILES string of the molecule is CCCOc1ccc([C](C)CF)cc1Br. The van der Waals surface area contributed by atoms with Crippen LogP contribution in [0.2, 0.25) is 0 Å². The fourth-order valence-corrected chi connectivity index (χ4v) is 1.67. The van der Waals surface area contributed by atoms with Crippen LogP contribution in [0, 0.1) is 5.92 Å². The maximum absolute atomic E-state index is 12.4. The van der Waals surface area contributed by atoms with E-state index in [2.05, 4.69) is 22.9 Å². The third kappa shape index (κ3) is 3.49. The zero-order chi connectivity index (χ0) is 11.3. The van der Waals surface area contributed by atoms with E-state index < -0.39 is 6.67 Å². The lowest BCUT2D eigenvalue weighted by atomic mass is 10.0. The Morgan fingerprint density at radius 2 is 2.20 bits per heavy atom. The van der Waals surface area contributed by atoms with Gasteiger partial charge in [-0.2, -0.15) is 0 Å². The summed E-state index contributed by atoms with van der Waals surface area (Å²) in [7, 11) is 0. The minimum Gasteiger partial charge on any atom is -0.492 e. The molecule has 83 valence electrons. The quantitative estimate of drug-likeness (QED) is 0.783. The molecule has 0 bridgehead atoms. The smallest absolute Gasteiger partial charge is 0.133 e. The minimum absolute atomic E-state index is 0.415. The van der Waals surface area contributed by atoms with Gasteiger partial charge in [0, 0.05) is 5.92 Å². The molecular weight excluding hydrogens is 259 g/mol. The maximum Gasteiger partial charge on any atom is 0.133 e. The average Bonchev–Trinajstić information content (AvgIpc) is 2.26. The summed E-state index contributed by atoms with van der Waals surface area (Å²) in [4.78, 5) is 0. The molecule has 0 saturated carbocycles. The van der Waals surface area contributed by atoms with Crippen molar-refractivity contribution >= 4 is 15.9 Å². The van der Waals surface area contributed by atoms with Crippen molar-refractivity contribution in [3.63, 3.8) is 0 Å². The van der Waals surface area contributed by atoms with Gasteiger partial charge in [0.1, 0.15) is 5.75 Å². The van der Waals surface area contributed by atoms with E-state index in [0.29, 0.717) is 6.61 Å². The Bertz CT molecular complexity index is 314. The Morgan fingerprint density at radius 3 is 2.73 bits per heavy atom. The number of halogens is 2. The van der Waals surface area contributed by atoms with Crippen molar-refractivity contribution in [1.82, 2.24) is 0 Å². The van der Waals surface area contributed by atoms with Gasteiger partial charge in [-0.3, -0.25) is 4.39 Å². The molecule has 1 aromatic carbocycles. The summed E-state index contributed by atoms with van der Waals surface area (Å²) in [6, 6.07) is 5.64. The van der Waals surface area contributed by atoms with Gasteiger partial charge in [-0.25, -0.2) is 0 Å². The first-order valence-corrected chi connectivity index (χ1v) is 5.79. The summed E-state index contributed by atoms with van der Waals surface area (Å²) < 4.78 is 18.8. The molecular formula is C12H15BrFO. The van der Waals surface area contributed by atoms with E-state index in [-0.39, 0.29) is 0 Å². The predicted octanol–water partition coefficient (Wildman–Crippen LogP) is 4.15. The van der Waals surface area contributed by atoms with Crippen LogP contribution in [0.4, 0.5) is 4.39 Å². The average molecular weight is 274 g/mol. The van der Waals surface area contributed by atoms with E-state index in [9.17, 15) is 4.39 Å². The summed E-state index contributed by atoms with van der Waals surface area (Å²) >= 11 is 3.41. The molecule has 0 aliphatic rings. The number of ether oxygens (including phenoxy) is 1.